The van der Waals surface area contributed by atoms with Crippen LogP contribution in [0.1, 0.15) is 43.2 Å². The third-order valence-corrected chi connectivity index (χ3v) is 6.09. The number of thioether (sulfide) groups is 1. The van der Waals surface area contributed by atoms with Crippen LogP contribution in [0.5, 0.6) is 0 Å². The van der Waals surface area contributed by atoms with Crippen LogP contribution in [0.25, 0.3) is 0 Å². The molecule has 1 fully saturated rings. The van der Waals surface area contributed by atoms with Gasteiger partial charge >= 0.3 is 0 Å². The van der Waals surface area contributed by atoms with Crippen molar-refractivity contribution in [3.8, 4) is 0 Å². The van der Waals surface area contributed by atoms with E-state index in [-0.39, 0.29) is 29.1 Å². The molecular weight excluding hydrogens is 316 g/mol. The number of nitrogens with one attached hydrogen (secondary N) is 1. The molecule has 1 saturated carbocycles. The fourth-order valence-electron chi connectivity index (χ4n) is 3.47. The molecule has 3 nitrogen and oxygen atoms in total. The highest BCUT2D eigenvalue weighted by Crippen LogP contribution is 2.38. The maximum absolute atomic E-state index is 12.6. The lowest BCUT2D eigenvalue weighted by Gasteiger charge is -2.37. The third-order valence-electron chi connectivity index (χ3n) is 4.77. The molecule has 0 bridgehead atoms. The van der Waals surface area contributed by atoms with Gasteiger partial charge in [0, 0.05) is 11.4 Å². The zero-order valence-electron chi connectivity index (χ0n) is 13.1. The van der Waals surface area contributed by atoms with Crippen molar-refractivity contribution < 1.29 is 4.79 Å². The van der Waals surface area contributed by atoms with Crippen LogP contribution < -0.4 is 11.1 Å². The molecule has 1 aliphatic heterocycles. The fraction of sp³-hybridized carbons (Fsp3) is 0.588. The smallest absolute Gasteiger partial charge is 0.234 e. The maximum atomic E-state index is 12.6. The molecule has 1 aromatic rings. The van der Waals surface area contributed by atoms with Gasteiger partial charge in [0.1, 0.15) is 0 Å². The second-order valence-electron chi connectivity index (χ2n) is 6.46. The number of halogens is 1. The van der Waals surface area contributed by atoms with E-state index in [0.717, 1.165) is 19.3 Å². The van der Waals surface area contributed by atoms with Gasteiger partial charge in [-0.05, 0) is 37.8 Å². The van der Waals surface area contributed by atoms with Crippen LogP contribution in [-0.2, 0) is 11.2 Å². The van der Waals surface area contributed by atoms with Crippen LogP contribution in [0.4, 0.5) is 0 Å². The first kappa shape index (κ1) is 17.6. The van der Waals surface area contributed by atoms with Crippen molar-refractivity contribution in [3.05, 3.63) is 29.3 Å². The van der Waals surface area contributed by atoms with Crippen LogP contribution in [0.2, 0.25) is 0 Å². The largest absolute Gasteiger partial charge is 0.348 e. The Hall–Kier alpha value is -0.710. The Balaban J connectivity index is 0.00000176. The molecule has 1 heterocycles. The number of fused-ring (bicyclic) bond motifs is 1. The van der Waals surface area contributed by atoms with E-state index in [1.807, 2.05) is 0 Å². The van der Waals surface area contributed by atoms with Crippen LogP contribution >= 0.6 is 24.2 Å². The van der Waals surface area contributed by atoms with E-state index < -0.39 is 0 Å². The van der Waals surface area contributed by atoms with Gasteiger partial charge in [-0.1, -0.05) is 37.0 Å². The zero-order chi connectivity index (χ0) is 14.9. The summed E-state index contributed by atoms with van der Waals surface area (Å²) in [7, 11) is 0. The van der Waals surface area contributed by atoms with Gasteiger partial charge in [-0.2, -0.15) is 0 Å². The average Bonchev–Trinajstić information content (AvgIpc) is 2.91. The minimum atomic E-state index is -0.152. The lowest BCUT2D eigenvalue weighted by molar-refractivity contribution is -0.122. The molecule has 0 aromatic heterocycles. The summed E-state index contributed by atoms with van der Waals surface area (Å²) >= 11 is 1.70. The van der Waals surface area contributed by atoms with Gasteiger partial charge in [-0.15, -0.1) is 24.2 Å². The van der Waals surface area contributed by atoms with E-state index in [1.54, 1.807) is 11.8 Å². The van der Waals surface area contributed by atoms with Crippen LogP contribution in [-0.4, -0.2) is 23.2 Å². The first-order valence-corrected chi connectivity index (χ1v) is 8.78. The van der Waals surface area contributed by atoms with Gasteiger partial charge < -0.3 is 11.1 Å². The molecule has 0 spiro atoms. The number of benzene rings is 1. The van der Waals surface area contributed by atoms with E-state index in [2.05, 4.69) is 30.4 Å². The number of carbonyl (C=O) groups excluding carboxylic acids is 1. The van der Waals surface area contributed by atoms with Crippen molar-refractivity contribution in [2.45, 2.75) is 61.1 Å². The quantitative estimate of drug-likeness (QED) is 0.888. The van der Waals surface area contributed by atoms with Gasteiger partial charge in [0.25, 0.3) is 0 Å². The Kier molecular flexibility index (Phi) is 5.81. The molecular formula is C17H25ClN2OS. The summed E-state index contributed by atoms with van der Waals surface area (Å²) in [6, 6.07) is 6.46. The number of hydrogen-bond acceptors (Lipinski definition) is 3. The Labute approximate surface area is 143 Å². The number of hydrogen-bond donors (Lipinski definition) is 2. The van der Waals surface area contributed by atoms with E-state index in [0.29, 0.717) is 6.54 Å². The van der Waals surface area contributed by atoms with Crippen LogP contribution in [0.15, 0.2) is 23.1 Å². The summed E-state index contributed by atoms with van der Waals surface area (Å²) in [4.78, 5) is 13.9. The predicted octanol–water partition coefficient (Wildman–Crippen LogP) is 3.21. The lowest BCUT2D eigenvalue weighted by Crippen LogP contribution is -2.56. The summed E-state index contributed by atoms with van der Waals surface area (Å²) in [6.07, 6.45) is 6.51. The fourth-order valence-corrected chi connectivity index (χ4v) is 4.65. The number of nitrogens with two attached hydrogens (primary N) is 1. The van der Waals surface area contributed by atoms with Crippen LogP contribution in [0.3, 0.4) is 0 Å². The summed E-state index contributed by atoms with van der Waals surface area (Å²) in [5.41, 5.74) is 8.39. The van der Waals surface area contributed by atoms with Crippen molar-refractivity contribution in [2.24, 2.45) is 5.73 Å². The number of rotatable bonds is 3. The molecule has 1 aliphatic carbocycles. The predicted molar refractivity (Wildman–Crippen MR) is 94.8 cm³/mol. The van der Waals surface area contributed by atoms with Crippen molar-refractivity contribution in [1.82, 2.24) is 5.32 Å². The van der Waals surface area contributed by atoms with Crippen LogP contribution in [0, 0.1) is 6.92 Å². The molecule has 0 saturated heterocycles. The molecule has 3 rings (SSSR count). The highest BCUT2D eigenvalue weighted by molar-refractivity contribution is 8.01. The minimum Gasteiger partial charge on any atom is -0.348 e. The Morgan fingerprint density at radius 3 is 2.77 bits per heavy atom. The SMILES string of the molecule is Cc1ccc2c(c1)C[C@@H](C(=O)NC1(CN)CCCCC1)S2.Cl. The highest BCUT2D eigenvalue weighted by atomic mass is 35.5. The molecule has 1 amide bonds. The van der Waals surface area contributed by atoms with E-state index >= 15 is 0 Å². The average molecular weight is 341 g/mol. The van der Waals surface area contributed by atoms with Crippen molar-refractivity contribution in [2.75, 3.05) is 6.54 Å². The van der Waals surface area contributed by atoms with Crippen molar-refractivity contribution in [3.63, 3.8) is 0 Å². The standard InChI is InChI=1S/C17H24N2OS.ClH/c1-12-5-6-14-13(9-12)10-15(21-14)16(20)19-17(11-18)7-3-2-4-8-17;/h5-6,9,15H,2-4,7-8,10-11,18H2,1H3,(H,19,20);1H/t15-;/m0./s1. The molecule has 5 heteroatoms. The molecule has 122 valence electrons. The molecule has 1 atom stereocenters. The number of carbonyl (C=O) groups is 1. The third kappa shape index (κ3) is 3.61. The lowest BCUT2D eigenvalue weighted by atomic mass is 9.81. The van der Waals surface area contributed by atoms with Gasteiger partial charge in [-0.3, -0.25) is 4.79 Å². The minimum absolute atomic E-state index is 0. The van der Waals surface area contributed by atoms with Crippen molar-refractivity contribution in [1.29, 1.82) is 0 Å². The Morgan fingerprint density at radius 1 is 1.36 bits per heavy atom. The molecule has 1 aromatic carbocycles. The monoisotopic (exact) mass is 340 g/mol. The number of aryl methyl sites for hydroxylation is 1. The van der Waals surface area contributed by atoms with E-state index in [4.69, 9.17) is 5.73 Å². The molecule has 0 radical (unpaired) electrons. The summed E-state index contributed by atoms with van der Waals surface area (Å²) in [6.45, 7) is 2.66. The first-order chi connectivity index (χ1) is 10.1. The Bertz CT molecular complexity index is 543. The Morgan fingerprint density at radius 2 is 2.09 bits per heavy atom. The van der Waals surface area contributed by atoms with Gasteiger partial charge in [0.15, 0.2) is 0 Å². The topological polar surface area (TPSA) is 55.1 Å². The molecule has 22 heavy (non-hydrogen) atoms. The van der Waals surface area contributed by atoms with Gasteiger partial charge in [0.2, 0.25) is 5.91 Å². The molecule has 0 unspecified atom stereocenters. The number of amides is 1. The van der Waals surface area contributed by atoms with Gasteiger partial charge in [-0.25, -0.2) is 0 Å². The highest BCUT2D eigenvalue weighted by Gasteiger charge is 2.36. The second-order valence-corrected chi connectivity index (χ2v) is 7.70. The normalized spacial score (nSPS) is 22.5. The first-order valence-electron chi connectivity index (χ1n) is 7.90. The van der Waals surface area contributed by atoms with Crippen molar-refractivity contribution >= 4 is 30.1 Å². The summed E-state index contributed by atoms with van der Waals surface area (Å²) < 4.78 is 0. The van der Waals surface area contributed by atoms with E-state index in [9.17, 15) is 4.79 Å². The zero-order valence-corrected chi connectivity index (χ0v) is 14.7. The second kappa shape index (κ2) is 7.24. The maximum Gasteiger partial charge on any atom is 0.234 e. The molecule has 3 N–H and O–H groups in total. The van der Waals surface area contributed by atoms with E-state index in [1.165, 1.54) is 35.3 Å². The molecule has 2 aliphatic rings. The van der Waals surface area contributed by atoms with Gasteiger partial charge in [0.05, 0.1) is 10.8 Å². The summed E-state index contributed by atoms with van der Waals surface area (Å²) in [5.74, 6) is 0.168. The summed E-state index contributed by atoms with van der Waals surface area (Å²) in [5, 5.41) is 3.30.